The van der Waals surface area contributed by atoms with Crippen LogP contribution in [0.5, 0.6) is 0 Å². The van der Waals surface area contributed by atoms with Crippen LogP contribution in [0.4, 0.5) is 0 Å². The van der Waals surface area contributed by atoms with Gasteiger partial charge in [0.1, 0.15) is 0 Å². The number of carbonyl (C=O) groups is 1. The summed E-state index contributed by atoms with van der Waals surface area (Å²) >= 11 is 0. The maximum atomic E-state index is 12.6. The van der Waals surface area contributed by atoms with Gasteiger partial charge in [-0.3, -0.25) is 4.79 Å². The van der Waals surface area contributed by atoms with Gasteiger partial charge in [0, 0.05) is 17.6 Å². The Morgan fingerprint density at radius 3 is 2.37 bits per heavy atom. The number of hydrogen-bond acceptors (Lipinski definition) is 2. The molecule has 1 amide bonds. The summed E-state index contributed by atoms with van der Waals surface area (Å²) in [5.41, 5.74) is 1.31. The summed E-state index contributed by atoms with van der Waals surface area (Å²) in [6.07, 6.45) is 4.79. The molecule has 0 spiro atoms. The zero-order chi connectivity index (χ0) is 13.4. The molecule has 3 heteroatoms. The molecule has 1 aromatic rings. The Kier molecular flexibility index (Phi) is 3.02. The predicted octanol–water partition coefficient (Wildman–Crippen LogP) is 2.96. The van der Waals surface area contributed by atoms with E-state index in [9.17, 15) is 4.79 Å². The summed E-state index contributed by atoms with van der Waals surface area (Å²) in [6.45, 7) is 2.18. The molecule has 19 heavy (non-hydrogen) atoms. The highest BCUT2D eigenvalue weighted by molar-refractivity contribution is 5.95. The SMILES string of the molecule is CC(C1CC1)N(C(=O)c1ccc(C#N)cc1)C1CC1. The highest BCUT2D eigenvalue weighted by atomic mass is 16.2. The lowest BCUT2D eigenvalue weighted by molar-refractivity contribution is 0.0654. The van der Waals surface area contributed by atoms with Crippen LogP contribution in [0, 0.1) is 17.2 Å². The van der Waals surface area contributed by atoms with Gasteiger partial charge in [0.25, 0.3) is 5.91 Å². The van der Waals surface area contributed by atoms with Crippen molar-refractivity contribution in [2.24, 2.45) is 5.92 Å². The fourth-order valence-corrected chi connectivity index (χ4v) is 2.68. The minimum Gasteiger partial charge on any atom is -0.333 e. The summed E-state index contributed by atoms with van der Waals surface area (Å²) in [4.78, 5) is 14.7. The quantitative estimate of drug-likeness (QED) is 0.829. The topological polar surface area (TPSA) is 44.1 Å². The van der Waals surface area contributed by atoms with Crippen molar-refractivity contribution in [1.82, 2.24) is 4.90 Å². The second-order valence-corrected chi connectivity index (χ2v) is 5.71. The van der Waals surface area contributed by atoms with E-state index in [0.717, 1.165) is 12.8 Å². The van der Waals surface area contributed by atoms with Crippen molar-refractivity contribution >= 4 is 5.91 Å². The van der Waals surface area contributed by atoms with Gasteiger partial charge in [-0.15, -0.1) is 0 Å². The van der Waals surface area contributed by atoms with Gasteiger partial charge < -0.3 is 4.90 Å². The van der Waals surface area contributed by atoms with Crippen molar-refractivity contribution in [2.75, 3.05) is 0 Å². The van der Waals surface area contributed by atoms with Crippen LogP contribution in [0.15, 0.2) is 24.3 Å². The van der Waals surface area contributed by atoms with E-state index in [-0.39, 0.29) is 5.91 Å². The van der Waals surface area contributed by atoms with Crippen LogP contribution in [-0.4, -0.2) is 22.9 Å². The van der Waals surface area contributed by atoms with E-state index in [1.54, 1.807) is 24.3 Å². The number of hydrogen-bond donors (Lipinski definition) is 0. The monoisotopic (exact) mass is 254 g/mol. The van der Waals surface area contributed by atoms with Crippen LogP contribution in [0.2, 0.25) is 0 Å². The Balaban J connectivity index is 1.81. The van der Waals surface area contributed by atoms with E-state index in [1.807, 2.05) is 0 Å². The fraction of sp³-hybridized carbons (Fsp3) is 0.500. The zero-order valence-electron chi connectivity index (χ0n) is 11.2. The van der Waals surface area contributed by atoms with Gasteiger partial charge in [0.15, 0.2) is 0 Å². The summed E-state index contributed by atoms with van der Waals surface area (Å²) in [5.74, 6) is 0.828. The minimum absolute atomic E-state index is 0.131. The largest absolute Gasteiger partial charge is 0.333 e. The maximum absolute atomic E-state index is 12.6. The van der Waals surface area contributed by atoms with Crippen molar-refractivity contribution in [1.29, 1.82) is 5.26 Å². The average molecular weight is 254 g/mol. The lowest BCUT2D eigenvalue weighted by Crippen LogP contribution is -2.41. The predicted molar refractivity (Wildman–Crippen MR) is 72.5 cm³/mol. The van der Waals surface area contributed by atoms with Crippen LogP contribution in [0.3, 0.4) is 0 Å². The van der Waals surface area contributed by atoms with Crippen molar-refractivity contribution < 1.29 is 4.79 Å². The molecular formula is C16H18N2O. The molecule has 0 heterocycles. The lowest BCUT2D eigenvalue weighted by Gasteiger charge is -2.29. The first-order chi connectivity index (χ1) is 9.20. The van der Waals surface area contributed by atoms with Crippen molar-refractivity contribution in [3.63, 3.8) is 0 Å². The highest BCUT2D eigenvalue weighted by Crippen LogP contribution is 2.40. The number of nitrogens with zero attached hydrogens (tertiary/aromatic N) is 2. The summed E-state index contributed by atoms with van der Waals surface area (Å²) in [5, 5.41) is 8.80. The summed E-state index contributed by atoms with van der Waals surface area (Å²) < 4.78 is 0. The van der Waals surface area contributed by atoms with Crippen molar-refractivity contribution in [3.05, 3.63) is 35.4 Å². The molecular weight excluding hydrogens is 236 g/mol. The first kappa shape index (κ1) is 12.2. The molecule has 0 N–H and O–H groups in total. The lowest BCUT2D eigenvalue weighted by atomic mass is 10.1. The summed E-state index contributed by atoms with van der Waals surface area (Å²) in [7, 11) is 0. The molecule has 1 atom stereocenters. The van der Waals surface area contributed by atoms with Crippen LogP contribution < -0.4 is 0 Å². The number of amides is 1. The number of carbonyl (C=O) groups excluding carboxylic acids is 1. The molecule has 2 fully saturated rings. The molecule has 0 saturated heterocycles. The van der Waals surface area contributed by atoms with Gasteiger partial charge in [-0.25, -0.2) is 0 Å². The molecule has 0 aromatic heterocycles. The first-order valence-electron chi connectivity index (χ1n) is 7.03. The fourth-order valence-electron chi connectivity index (χ4n) is 2.68. The molecule has 98 valence electrons. The third-order valence-electron chi connectivity index (χ3n) is 4.18. The maximum Gasteiger partial charge on any atom is 0.254 e. The van der Waals surface area contributed by atoms with Gasteiger partial charge in [-0.1, -0.05) is 0 Å². The number of rotatable bonds is 4. The molecule has 1 unspecified atom stereocenters. The first-order valence-corrected chi connectivity index (χ1v) is 7.03. The molecule has 1 aromatic carbocycles. The molecule has 0 bridgehead atoms. The summed E-state index contributed by atoms with van der Waals surface area (Å²) in [6, 6.07) is 9.88. The van der Waals surface area contributed by atoms with Crippen LogP contribution in [-0.2, 0) is 0 Å². The second kappa shape index (κ2) is 4.70. The molecule has 2 aliphatic carbocycles. The zero-order valence-corrected chi connectivity index (χ0v) is 11.2. The molecule has 3 rings (SSSR count). The standard InChI is InChI=1S/C16H18N2O/c1-11(13-6-7-13)18(15-8-9-15)16(19)14-4-2-12(10-17)3-5-14/h2-5,11,13,15H,6-9H2,1H3. The number of nitriles is 1. The molecule has 2 saturated carbocycles. The van der Waals surface area contributed by atoms with E-state index in [2.05, 4.69) is 17.9 Å². The molecule has 3 nitrogen and oxygen atoms in total. The van der Waals surface area contributed by atoms with E-state index < -0.39 is 0 Å². The van der Waals surface area contributed by atoms with E-state index in [0.29, 0.717) is 29.1 Å². The average Bonchev–Trinajstić information content (AvgIpc) is 3.30. The van der Waals surface area contributed by atoms with Crippen LogP contribution in [0.25, 0.3) is 0 Å². The van der Waals surface area contributed by atoms with Crippen LogP contribution >= 0.6 is 0 Å². The van der Waals surface area contributed by atoms with Gasteiger partial charge in [-0.05, 0) is 62.8 Å². The molecule has 0 aliphatic heterocycles. The number of benzene rings is 1. The Labute approximate surface area is 113 Å². The van der Waals surface area contributed by atoms with Gasteiger partial charge in [-0.2, -0.15) is 5.26 Å². The van der Waals surface area contributed by atoms with Gasteiger partial charge >= 0.3 is 0 Å². The van der Waals surface area contributed by atoms with Crippen molar-refractivity contribution in [3.8, 4) is 6.07 Å². The van der Waals surface area contributed by atoms with Gasteiger partial charge in [0.2, 0.25) is 0 Å². The van der Waals surface area contributed by atoms with Crippen molar-refractivity contribution in [2.45, 2.75) is 44.7 Å². The Morgan fingerprint density at radius 2 is 1.89 bits per heavy atom. The normalized spacial score (nSPS) is 19.6. The van der Waals surface area contributed by atoms with E-state index >= 15 is 0 Å². The third kappa shape index (κ3) is 2.49. The molecule has 2 aliphatic rings. The van der Waals surface area contributed by atoms with E-state index in [1.165, 1.54) is 12.8 Å². The minimum atomic E-state index is 0.131. The third-order valence-corrected chi connectivity index (χ3v) is 4.18. The smallest absolute Gasteiger partial charge is 0.254 e. The Hall–Kier alpha value is -1.82. The second-order valence-electron chi connectivity index (χ2n) is 5.71. The van der Waals surface area contributed by atoms with Crippen LogP contribution in [0.1, 0.15) is 48.5 Å². The van der Waals surface area contributed by atoms with E-state index in [4.69, 9.17) is 5.26 Å². The Bertz CT molecular complexity index is 521. The molecule has 0 radical (unpaired) electrons. The Morgan fingerprint density at radius 1 is 1.26 bits per heavy atom. The highest BCUT2D eigenvalue weighted by Gasteiger charge is 2.41. The van der Waals surface area contributed by atoms with Gasteiger partial charge in [0.05, 0.1) is 11.6 Å².